The standard InChI is InChI=1S/C72H42O/c1-3-11-43(12-4-1)55-30-21-45-27-37-62-57(32-23-47-25-35-60(55)67(45)69(47)62)51-16-9-15-49(39-51)50-29-34-59-54(40-50)42-65(71-64-19-7-8-20-66(64)73-72(59)71)53-18-10-17-52(41-53)58-33-24-48-26-36-61-56(44-13-5-2-6-14-44)31-22-46-28-38-63(58)70(48)68(46)61/h1-42H. The molecule has 1 heteroatoms. The predicted molar refractivity (Wildman–Crippen MR) is 311 cm³/mol. The van der Waals surface area contributed by atoms with E-state index in [1.165, 1.54) is 120 Å². The van der Waals surface area contributed by atoms with Gasteiger partial charge in [0.1, 0.15) is 11.2 Å². The first kappa shape index (κ1) is 40.2. The summed E-state index contributed by atoms with van der Waals surface area (Å²) in [5.41, 5.74) is 16.3. The van der Waals surface area contributed by atoms with Crippen molar-refractivity contribution in [1.82, 2.24) is 0 Å². The van der Waals surface area contributed by atoms with Crippen LogP contribution in [0.1, 0.15) is 0 Å². The summed E-state index contributed by atoms with van der Waals surface area (Å²) in [7, 11) is 0. The van der Waals surface area contributed by atoms with Crippen molar-refractivity contribution in [3.8, 4) is 66.8 Å². The van der Waals surface area contributed by atoms with Gasteiger partial charge in [0.15, 0.2) is 0 Å². The van der Waals surface area contributed by atoms with E-state index in [2.05, 4.69) is 255 Å². The van der Waals surface area contributed by atoms with Crippen LogP contribution in [0.3, 0.4) is 0 Å². The van der Waals surface area contributed by atoms with Gasteiger partial charge < -0.3 is 4.42 Å². The van der Waals surface area contributed by atoms with E-state index in [9.17, 15) is 0 Å². The van der Waals surface area contributed by atoms with Crippen LogP contribution in [0.2, 0.25) is 0 Å². The van der Waals surface area contributed by atoms with E-state index >= 15 is 0 Å². The largest absolute Gasteiger partial charge is 0.455 e. The Morgan fingerprint density at radius 2 is 0.575 bits per heavy atom. The Morgan fingerprint density at radius 1 is 0.192 bits per heavy atom. The number of hydrogen-bond donors (Lipinski definition) is 0. The summed E-state index contributed by atoms with van der Waals surface area (Å²) >= 11 is 0. The van der Waals surface area contributed by atoms with Crippen LogP contribution in [-0.2, 0) is 0 Å². The molecule has 0 aliphatic heterocycles. The van der Waals surface area contributed by atoms with Crippen LogP contribution >= 0.6 is 0 Å². The van der Waals surface area contributed by atoms with E-state index in [0.717, 1.165) is 43.8 Å². The summed E-state index contributed by atoms with van der Waals surface area (Å²) in [6.45, 7) is 0. The summed E-state index contributed by atoms with van der Waals surface area (Å²) < 4.78 is 6.85. The monoisotopic (exact) mass is 922 g/mol. The zero-order chi connectivity index (χ0) is 47.7. The van der Waals surface area contributed by atoms with Gasteiger partial charge in [0.2, 0.25) is 0 Å². The van der Waals surface area contributed by atoms with Crippen LogP contribution in [0.5, 0.6) is 0 Å². The molecule has 336 valence electrons. The fourth-order valence-corrected chi connectivity index (χ4v) is 12.6. The lowest BCUT2D eigenvalue weighted by molar-refractivity contribution is 0.673. The van der Waals surface area contributed by atoms with Crippen LogP contribution in [0.15, 0.2) is 259 Å². The van der Waals surface area contributed by atoms with Crippen LogP contribution in [-0.4, -0.2) is 0 Å². The molecule has 1 heterocycles. The lowest BCUT2D eigenvalue weighted by Gasteiger charge is -2.17. The van der Waals surface area contributed by atoms with Gasteiger partial charge in [-0.25, -0.2) is 0 Å². The minimum absolute atomic E-state index is 0.894. The Balaban J connectivity index is 0.836. The van der Waals surface area contributed by atoms with Crippen LogP contribution in [0, 0.1) is 0 Å². The fourth-order valence-electron chi connectivity index (χ4n) is 12.6. The highest BCUT2D eigenvalue weighted by Crippen LogP contribution is 2.47. The minimum Gasteiger partial charge on any atom is -0.455 e. The molecule has 0 saturated heterocycles. The molecule has 0 radical (unpaired) electrons. The molecule has 0 atom stereocenters. The molecule has 0 amide bonds. The molecule has 0 aliphatic carbocycles. The SMILES string of the molecule is c1ccc(-c2ccc3ccc4c(-c5cccc(-c6ccc7c(c6)cc(-c6cccc(-c8ccc9ccc%10c(-c%11ccccc%11)ccc%11ccc8c9c%11%10)c6)c6c8ccccc8oc76)c5)ccc5ccc2c3c54)cc1. The van der Waals surface area contributed by atoms with Gasteiger partial charge in [0.05, 0.1) is 0 Å². The maximum absolute atomic E-state index is 6.85. The second-order valence-corrected chi connectivity index (χ2v) is 19.9. The second kappa shape index (κ2) is 15.5. The molecular weight excluding hydrogens is 881 g/mol. The minimum atomic E-state index is 0.894. The molecule has 16 aromatic rings. The average molecular weight is 923 g/mol. The van der Waals surface area contributed by atoms with Gasteiger partial charge in [0, 0.05) is 16.2 Å². The van der Waals surface area contributed by atoms with Crippen molar-refractivity contribution in [1.29, 1.82) is 0 Å². The van der Waals surface area contributed by atoms with Crippen molar-refractivity contribution >= 4 is 97.3 Å². The second-order valence-electron chi connectivity index (χ2n) is 19.9. The lowest BCUT2D eigenvalue weighted by atomic mass is 9.86. The number of hydrogen-bond acceptors (Lipinski definition) is 1. The molecule has 73 heavy (non-hydrogen) atoms. The zero-order valence-electron chi connectivity index (χ0n) is 39.7. The topological polar surface area (TPSA) is 13.1 Å². The van der Waals surface area contributed by atoms with Gasteiger partial charge >= 0.3 is 0 Å². The van der Waals surface area contributed by atoms with Crippen molar-refractivity contribution in [2.24, 2.45) is 0 Å². The predicted octanol–water partition coefficient (Wildman–Crippen LogP) is 20.5. The zero-order valence-corrected chi connectivity index (χ0v) is 39.7. The molecule has 1 nitrogen and oxygen atoms in total. The normalized spacial score (nSPS) is 12.1. The maximum Gasteiger partial charge on any atom is 0.143 e. The third kappa shape index (κ3) is 6.03. The molecule has 1 aromatic heterocycles. The van der Waals surface area contributed by atoms with Gasteiger partial charge in [-0.1, -0.05) is 218 Å². The van der Waals surface area contributed by atoms with Crippen molar-refractivity contribution < 1.29 is 4.42 Å². The smallest absolute Gasteiger partial charge is 0.143 e. The highest BCUT2D eigenvalue weighted by atomic mass is 16.3. The van der Waals surface area contributed by atoms with E-state index in [1.54, 1.807) is 0 Å². The van der Waals surface area contributed by atoms with Gasteiger partial charge in [-0.2, -0.15) is 0 Å². The van der Waals surface area contributed by atoms with Gasteiger partial charge in [-0.05, 0) is 173 Å². The maximum atomic E-state index is 6.85. The fraction of sp³-hybridized carbons (Fsp3) is 0. The first-order chi connectivity index (χ1) is 36.2. The van der Waals surface area contributed by atoms with Gasteiger partial charge in [-0.3, -0.25) is 0 Å². The summed E-state index contributed by atoms with van der Waals surface area (Å²) in [6, 6.07) is 94.3. The third-order valence-corrected chi connectivity index (χ3v) is 16.0. The van der Waals surface area contributed by atoms with E-state index < -0.39 is 0 Å². The number of benzene rings is 15. The Kier molecular flexibility index (Phi) is 8.52. The molecular formula is C72H42O. The van der Waals surface area contributed by atoms with Gasteiger partial charge in [-0.15, -0.1) is 0 Å². The molecule has 0 spiro atoms. The summed E-state index contributed by atoms with van der Waals surface area (Å²) in [5.74, 6) is 0. The molecule has 16 rings (SSSR count). The van der Waals surface area contributed by atoms with E-state index in [4.69, 9.17) is 4.42 Å². The number of para-hydroxylation sites is 1. The molecule has 0 saturated carbocycles. The van der Waals surface area contributed by atoms with Crippen molar-refractivity contribution in [3.63, 3.8) is 0 Å². The third-order valence-electron chi connectivity index (χ3n) is 16.0. The van der Waals surface area contributed by atoms with E-state index in [1.807, 2.05) is 0 Å². The molecule has 0 bridgehead atoms. The van der Waals surface area contributed by atoms with Crippen LogP contribution in [0.4, 0.5) is 0 Å². The number of rotatable bonds is 6. The number of fused-ring (bicyclic) bond motifs is 5. The highest BCUT2D eigenvalue weighted by Gasteiger charge is 2.20. The summed E-state index contributed by atoms with van der Waals surface area (Å²) in [4.78, 5) is 0. The van der Waals surface area contributed by atoms with E-state index in [0.29, 0.717) is 0 Å². The Labute approximate surface area is 421 Å². The lowest BCUT2D eigenvalue weighted by Crippen LogP contribution is -1.90. The molecule has 0 unspecified atom stereocenters. The quantitative estimate of drug-likeness (QED) is 0.152. The van der Waals surface area contributed by atoms with Crippen molar-refractivity contribution in [2.75, 3.05) is 0 Å². The first-order valence-electron chi connectivity index (χ1n) is 25.3. The van der Waals surface area contributed by atoms with Gasteiger partial charge in [0.25, 0.3) is 0 Å². The van der Waals surface area contributed by atoms with Crippen molar-refractivity contribution in [2.45, 2.75) is 0 Å². The number of furan rings is 1. The van der Waals surface area contributed by atoms with Crippen LogP contribution in [0.25, 0.3) is 164 Å². The highest BCUT2D eigenvalue weighted by molar-refractivity contribution is 6.29. The Morgan fingerprint density at radius 3 is 1.10 bits per heavy atom. The Hall–Kier alpha value is -9.56. The van der Waals surface area contributed by atoms with Crippen LogP contribution < -0.4 is 0 Å². The summed E-state index contributed by atoms with van der Waals surface area (Å²) in [6.07, 6.45) is 0. The summed E-state index contributed by atoms with van der Waals surface area (Å²) in [5, 5.41) is 20.0. The van der Waals surface area contributed by atoms with Crippen molar-refractivity contribution in [3.05, 3.63) is 255 Å². The van der Waals surface area contributed by atoms with E-state index in [-0.39, 0.29) is 0 Å². The first-order valence-corrected chi connectivity index (χ1v) is 25.3. The average Bonchev–Trinajstić information content (AvgIpc) is 3.86. The Bertz CT molecular complexity index is 4880. The molecule has 15 aromatic carbocycles. The molecule has 0 aliphatic rings. The molecule has 0 N–H and O–H groups in total. The molecule has 0 fully saturated rings.